The van der Waals surface area contributed by atoms with Crippen LogP contribution >= 0.6 is 54.5 Å². The molecule has 0 aliphatic rings. The standard InChI is InChI=1S/C22H14Br2IN3O3/c23-15-7-6-14(17(24)10-15)12-31-20-8-5-13(9-18(20)25)11-26-28-21(29)16-3-1-2-4-19(16)27-22(28)30/h1-11H,12H2,(H,27,30). The van der Waals surface area contributed by atoms with Gasteiger partial charge in [0.25, 0.3) is 5.56 Å². The zero-order valence-corrected chi connectivity index (χ0v) is 21.1. The molecule has 0 bridgehead atoms. The molecule has 0 aliphatic heterocycles. The molecular weight excluding hydrogens is 641 g/mol. The van der Waals surface area contributed by atoms with Crippen LogP contribution in [0.5, 0.6) is 5.75 Å². The van der Waals surface area contributed by atoms with Gasteiger partial charge in [-0.3, -0.25) is 4.79 Å². The van der Waals surface area contributed by atoms with Gasteiger partial charge in [-0.25, -0.2) is 4.79 Å². The van der Waals surface area contributed by atoms with Crippen molar-refractivity contribution in [3.63, 3.8) is 0 Å². The van der Waals surface area contributed by atoms with E-state index in [0.29, 0.717) is 17.5 Å². The maximum absolute atomic E-state index is 12.6. The predicted molar refractivity (Wildman–Crippen MR) is 137 cm³/mol. The Morgan fingerprint density at radius 3 is 2.65 bits per heavy atom. The molecule has 6 nitrogen and oxygen atoms in total. The van der Waals surface area contributed by atoms with E-state index in [-0.39, 0.29) is 0 Å². The van der Waals surface area contributed by atoms with E-state index in [1.807, 2.05) is 36.4 Å². The van der Waals surface area contributed by atoms with E-state index in [9.17, 15) is 9.59 Å². The van der Waals surface area contributed by atoms with Crippen molar-refractivity contribution in [2.45, 2.75) is 6.61 Å². The number of fused-ring (bicyclic) bond motifs is 1. The van der Waals surface area contributed by atoms with Crippen LogP contribution in [0.25, 0.3) is 10.9 Å². The molecule has 3 aromatic carbocycles. The fourth-order valence-corrected chi connectivity index (χ4v) is 4.75. The first kappa shape index (κ1) is 22.0. The normalized spacial score (nSPS) is 11.3. The third-order valence-corrected chi connectivity index (χ3v) is 6.53. The van der Waals surface area contributed by atoms with Gasteiger partial charge in [-0.05, 0) is 70.6 Å². The van der Waals surface area contributed by atoms with Crippen molar-refractivity contribution in [2.75, 3.05) is 0 Å². The topological polar surface area (TPSA) is 76.5 Å². The Hall–Kier alpha value is -2.24. The number of aromatic nitrogens is 2. The summed E-state index contributed by atoms with van der Waals surface area (Å²) in [4.78, 5) is 27.5. The van der Waals surface area contributed by atoms with Gasteiger partial charge in [-0.15, -0.1) is 4.68 Å². The summed E-state index contributed by atoms with van der Waals surface area (Å²) in [6.07, 6.45) is 1.47. The second-order valence-corrected chi connectivity index (χ2v) is 9.48. The lowest BCUT2D eigenvalue weighted by Crippen LogP contribution is -2.32. The molecule has 0 saturated heterocycles. The lowest BCUT2D eigenvalue weighted by Gasteiger charge is -2.10. The van der Waals surface area contributed by atoms with Crippen LogP contribution in [0.4, 0.5) is 0 Å². The van der Waals surface area contributed by atoms with E-state index in [2.05, 4.69) is 64.5 Å². The van der Waals surface area contributed by atoms with Crippen LogP contribution in [-0.4, -0.2) is 15.9 Å². The molecule has 4 rings (SSSR count). The van der Waals surface area contributed by atoms with Crippen LogP contribution in [0, 0.1) is 3.57 Å². The third-order valence-electron chi connectivity index (χ3n) is 4.46. The Morgan fingerprint density at radius 1 is 1.06 bits per heavy atom. The molecule has 0 unspecified atom stereocenters. The Bertz CT molecular complexity index is 1430. The van der Waals surface area contributed by atoms with Gasteiger partial charge in [0.1, 0.15) is 12.4 Å². The summed E-state index contributed by atoms with van der Waals surface area (Å²) < 4.78 is 9.60. The lowest BCUT2D eigenvalue weighted by atomic mass is 10.2. The highest BCUT2D eigenvalue weighted by Crippen LogP contribution is 2.26. The fourth-order valence-electron chi connectivity index (χ4n) is 2.89. The highest BCUT2D eigenvalue weighted by molar-refractivity contribution is 14.1. The van der Waals surface area contributed by atoms with Crippen molar-refractivity contribution in [1.82, 2.24) is 9.66 Å². The number of halogens is 3. The second kappa shape index (κ2) is 9.49. The molecule has 0 fully saturated rings. The van der Waals surface area contributed by atoms with Gasteiger partial charge in [-0.1, -0.05) is 50.1 Å². The van der Waals surface area contributed by atoms with Gasteiger partial charge in [0.05, 0.1) is 20.7 Å². The summed E-state index contributed by atoms with van der Waals surface area (Å²) >= 11 is 9.15. The molecular formula is C22H14Br2IN3O3. The van der Waals surface area contributed by atoms with E-state index in [4.69, 9.17) is 4.74 Å². The fraction of sp³-hybridized carbons (Fsp3) is 0.0455. The summed E-state index contributed by atoms with van der Waals surface area (Å²) in [5, 5.41) is 4.49. The maximum Gasteiger partial charge on any atom is 0.349 e. The van der Waals surface area contributed by atoms with Crippen molar-refractivity contribution in [1.29, 1.82) is 0 Å². The Balaban J connectivity index is 1.55. The van der Waals surface area contributed by atoms with Crippen LogP contribution < -0.4 is 16.0 Å². The average molecular weight is 655 g/mol. The zero-order valence-electron chi connectivity index (χ0n) is 15.8. The predicted octanol–water partition coefficient (Wildman–Crippen LogP) is 5.28. The highest BCUT2D eigenvalue weighted by atomic mass is 127. The number of benzene rings is 3. The highest BCUT2D eigenvalue weighted by Gasteiger charge is 2.07. The number of para-hydroxylation sites is 1. The minimum atomic E-state index is -0.588. The molecule has 4 aromatic rings. The summed E-state index contributed by atoms with van der Waals surface area (Å²) in [5.41, 5.74) is 1.19. The largest absolute Gasteiger partial charge is 0.488 e. The van der Waals surface area contributed by atoms with Crippen molar-refractivity contribution in [2.24, 2.45) is 5.10 Å². The van der Waals surface area contributed by atoms with Gasteiger partial charge >= 0.3 is 5.69 Å². The van der Waals surface area contributed by atoms with Crippen LogP contribution in [0.1, 0.15) is 11.1 Å². The minimum Gasteiger partial charge on any atom is -0.488 e. The van der Waals surface area contributed by atoms with Crippen molar-refractivity contribution >= 4 is 71.6 Å². The van der Waals surface area contributed by atoms with Gasteiger partial charge in [0, 0.05) is 14.5 Å². The molecule has 1 heterocycles. The zero-order chi connectivity index (χ0) is 22.0. The molecule has 0 radical (unpaired) electrons. The first-order valence-corrected chi connectivity index (χ1v) is 11.7. The number of rotatable bonds is 5. The number of aromatic amines is 1. The van der Waals surface area contributed by atoms with Crippen LogP contribution in [-0.2, 0) is 6.61 Å². The SMILES string of the molecule is O=c1[nH]c2ccccc2c(=O)n1N=Cc1ccc(OCc2ccc(Br)cc2Br)c(I)c1. The Labute approximate surface area is 207 Å². The first-order valence-electron chi connectivity index (χ1n) is 9.07. The molecule has 0 saturated carbocycles. The summed E-state index contributed by atoms with van der Waals surface area (Å²) in [6, 6.07) is 18.3. The monoisotopic (exact) mass is 653 g/mol. The number of hydrogen-bond acceptors (Lipinski definition) is 4. The number of nitrogens with one attached hydrogen (secondary N) is 1. The van der Waals surface area contributed by atoms with E-state index in [1.54, 1.807) is 24.3 Å². The van der Waals surface area contributed by atoms with E-state index < -0.39 is 11.2 Å². The van der Waals surface area contributed by atoms with Gasteiger partial charge < -0.3 is 9.72 Å². The van der Waals surface area contributed by atoms with Crippen molar-refractivity contribution < 1.29 is 4.74 Å². The molecule has 156 valence electrons. The van der Waals surface area contributed by atoms with Gasteiger partial charge in [0.2, 0.25) is 0 Å². The Morgan fingerprint density at radius 2 is 1.87 bits per heavy atom. The molecule has 1 N–H and O–H groups in total. The molecule has 0 spiro atoms. The van der Waals surface area contributed by atoms with Crippen LogP contribution in [0.3, 0.4) is 0 Å². The maximum atomic E-state index is 12.6. The summed E-state index contributed by atoms with van der Waals surface area (Å²) in [5.74, 6) is 0.730. The minimum absolute atomic E-state index is 0.400. The summed E-state index contributed by atoms with van der Waals surface area (Å²) in [6.45, 7) is 0.416. The van der Waals surface area contributed by atoms with E-state index in [1.165, 1.54) is 6.21 Å². The summed E-state index contributed by atoms with van der Waals surface area (Å²) in [7, 11) is 0. The Kier molecular flexibility index (Phi) is 6.73. The van der Waals surface area contributed by atoms with Gasteiger partial charge in [0.15, 0.2) is 0 Å². The average Bonchev–Trinajstić information content (AvgIpc) is 2.74. The lowest BCUT2D eigenvalue weighted by molar-refractivity contribution is 0.303. The van der Waals surface area contributed by atoms with E-state index >= 15 is 0 Å². The molecule has 9 heteroatoms. The number of hydrogen-bond donors (Lipinski definition) is 1. The number of ether oxygens (including phenoxy) is 1. The number of nitrogens with zero attached hydrogens (tertiary/aromatic N) is 2. The molecule has 1 aromatic heterocycles. The first-order chi connectivity index (χ1) is 14.9. The smallest absolute Gasteiger partial charge is 0.349 e. The molecule has 0 atom stereocenters. The van der Waals surface area contributed by atoms with E-state index in [0.717, 1.165) is 34.1 Å². The number of H-pyrrole nitrogens is 1. The second-order valence-electron chi connectivity index (χ2n) is 6.55. The van der Waals surface area contributed by atoms with Crippen molar-refractivity contribution in [3.8, 4) is 5.75 Å². The van der Waals surface area contributed by atoms with Crippen LogP contribution in [0.2, 0.25) is 0 Å². The van der Waals surface area contributed by atoms with Crippen molar-refractivity contribution in [3.05, 3.63) is 105 Å². The molecule has 31 heavy (non-hydrogen) atoms. The van der Waals surface area contributed by atoms with Gasteiger partial charge in [-0.2, -0.15) is 5.10 Å². The third kappa shape index (κ3) is 4.99. The quantitative estimate of drug-likeness (QED) is 0.235. The van der Waals surface area contributed by atoms with Crippen LogP contribution in [0.15, 0.2) is 84.3 Å². The molecule has 0 aliphatic carbocycles. The molecule has 0 amide bonds.